The number of cyclic esters (lactones) is 1. The summed E-state index contributed by atoms with van der Waals surface area (Å²) in [4.78, 5) is 29.3. The maximum absolute atomic E-state index is 14.8. The molecule has 2 atom stereocenters. The average Bonchev–Trinajstić information content (AvgIpc) is 3.51. The summed E-state index contributed by atoms with van der Waals surface area (Å²) in [6, 6.07) is 5.94. The summed E-state index contributed by atoms with van der Waals surface area (Å²) in [5.74, 6) is -0.356. The van der Waals surface area contributed by atoms with E-state index in [2.05, 4.69) is 5.16 Å². The molecule has 0 saturated carbocycles. The van der Waals surface area contributed by atoms with Gasteiger partial charge in [-0.15, -0.1) is 12.4 Å². The minimum absolute atomic E-state index is 0. The highest BCUT2D eigenvalue weighted by molar-refractivity contribution is 6.67. The van der Waals surface area contributed by atoms with Crippen LogP contribution in [0.3, 0.4) is 0 Å². The third kappa shape index (κ3) is 6.73. The Morgan fingerprint density at radius 1 is 1.31 bits per heavy atom. The van der Waals surface area contributed by atoms with E-state index in [0.29, 0.717) is 24.5 Å². The third-order valence-corrected chi connectivity index (χ3v) is 5.68. The van der Waals surface area contributed by atoms with E-state index >= 15 is 0 Å². The molecule has 0 radical (unpaired) electrons. The van der Waals surface area contributed by atoms with Gasteiger partial charge in [0.15, 0.2) is 5.82 Å². The SMILES string of the molecule is Cl.N[C@H]1CCN(c2ccc(N3C[C@H](CN(C(=O)OCC(Cl)(Cl)Cl)c4ccon4)OC3=O)cc2F)C1. The first-order valence-corrected chi connectivity index (χ1v) is 11.4. The zero-order chi connectivity index (χ0) is 24.5. The van der Waals surface area contributed by atoms with Gasteiger partial charge >= 0.3 is 12.2 Å². The van der Waals surface area contributed by atoms with Crippen molar-refractivity contribution in [3.63, 3.8) is 0 Å². The molecule has 2 saturated heterocycles. The van der Waals surface area contributed by atoms with Gasteiger partial charge in [0.2, 0.25) is 3.79 Å². The normalized spacial score (nSPS) is 20.0. The summed E-state index contributed by atoms with van der Waals surface area (Å²) < 4.78 is 28.2. The third-order valence-electron chi connectivity index (χ3n) is 5.35. The molecular weight excluding hydrogens is 551 g/mol. The van der Waals surface area contributed by atoms with E-state index in [1.54, 1.807) is 12.1 Å². The Kier molecular flexibility index (Phi) is 8.81. The number of aromatic nitrogens is 1. The van der Waals surface area contributed by atoms with Gasteiger partial charge in [0.1, 0.15) is 24.8 Å². The number of benzene rings is 1. The van der Waals surface area contributed by atoms with Crippen LogP contribution in [-0.4, -0.2) is 66.1 Å². The first kappa shape index (κ1) is 27.4. The summed E-state index contributed by atoms with van der Waals surface area (Å²) >= 11 is 16.9. The van der Waals surface area contributed by atoms with Crippen molar-refractivity contribution in [3.05, 3.63) is 36.3 Å². The maximum Gasteiger partial charge on any atom is 0.415 e. The van der Waals surface area contributed by atoms with Gasteiger partial charge in [-0.1, -0.05) is 40.0 Å². The van der Waals surface area contributed by atoms with Crippen LogP contribution in [0, 0.1) is 5.82 Å². The fourth-order valence-corrected chi connectivity index (χ4v) is 3.95. The number of carbonyl (C=O) groups is 2. The summed E-state index contributed by atoms with van der Waals surface area (Å²) in [5.41, 5.74) is 6.66. The summed E-state index contributed by atoms with van der Waals surface area (Å²) in [6.45, 7) is 0.654. The number of hydrogen-bond acceptors (Lipinski definition) is 8. The Hall–Kier alpha value is -2.18. The van der Waals surface area contributed by atoms with Crippen LogP contribution in [0.15, 0.2) is 35.1 Å². The number of anilines is 3. The topological polar surface area (TPSA) is 114 Å². The van der Waals surface area contributed by atoms with Gasteiger partial charge in [-0.25, -0.2) is 14.0 Å². The molecule has 1 aromatic heterocycles. The molecule has 2 aromatic rings. The summed E-state index contributed by atoms with van der Waals surface area (Å²) in [7, 11) is 0. The van der Waals surface area contributed by atoms with Gasteiger partial charge in [-0.2, -0.15) is 0 Å². The van der Waals surface area contributed by atoms with Crippen LogP contribution in [-0.2, 0) is 9.47 Å². The number of alkyl halides is 3. The minimum Gasteiger partial charge on any atom is -0.445 e. The predicted molar refractivity (Wildman–Crippen MR) is 132 cm³/mol. The molecule has 4 rings (SSSR count). The number of nitrogens with two attached hydrogens (primary N) is 1. The number of ether oxygens (including phenoxy) is 2. The van der Waals surface area contributed by atoms with Gasteiger partial charge in [0, 0.05) is 25.2 Å². The summed E-state index contributed by atoms with van der Waals surface area (Å²) in [5, 5.41) is 3.72. The van der Waals surface area contributed by atoms with Crippen molar-refractivity contribution in [2.24, 2.45) is 5.73 Å². The van der Waals surface area contributed by atoms with Crippen molar-refractivity contribution in [2.45, 2.75) is 22.4 Å². The van der Waals surface area contributed by atoms with Crippen LogP contribution in [0.25, 0.3) is 0 Å². The number of hydrogen-bond donors (Lipinski definition) is 1. The van der Waals surface area contributed by atoms with E-state index in [1.807, 2.05) is 4.90 Å². The first-order valence-electron chi connectivity index (χ1n) is 10.3. The Balaban J connectivity index is 0.00000342. The number of nitrogens with zero attached hydrogens (tertiary/aromatic N) is 4. The fourth-order valence-electron chi connectivity index (χ4n) is 3.79. The molecule has 2 N–H and O–H groups in total. The Morgan fingerprint density at radius 3 is 2.69 bits per heavy atom. The molecule has 2 fully saturated rings. The van der Waals surface area contributed by atoms with Crippen molar-refractivity contribution >= 4 is 76.6 Å². The lowest BCUT2D eigenvalue weighted by Crippen LogP contribution is -2.40. The fraction of sp³-hybridized carbons (Fsp3) is 0.450. The second-order valence-electron chi connectivity index (χ2n) is 7.88. The van der Waals surface area contributed by atoms with E-state index in [4.69, 9.17) is 54.5 Å². The number of halogens is 5. The van der Waals surface area contributed by atoms with Crippen LogP contribution in [0.5, 0.6) is 0 Å². The smallest absolute Gasteiger partial charge is 0.415 e. The zero-order valence-electron chi connectivity index (χ0n) is 18.1. The molecule has 35 heavy (non-hydrogen) atoms. The van der Waals surface area contributed by atoms with Crippen LogP contribution in [0.4, 0.5) is 31.2 Å². The largest absolute Gasteiger partial charge is 0.445 e. The molecule has 2 aliphatic rings. The number of rotatable bonds is 6. The molecule has 2 aliphatic heterocycles. The molecule has 15 heteroatoms. The average molecular weight is 573 g/mol. The Labute approximate surface area is 221 Å². The van der Waals surface area contributed by atoms with E-state index in [1.165, 1.54) is 23.3 Å². The monoisotopic (exact) mass is 571 g/mol. The standard InChI is InChI=1S/C20H21Cl3FN5O5.ClH/c21-20(22,23)11-32-18(30)29(17-4-6-33-26-17)10-14-9-28(19(31)34-14)13-1-2-16(15(24)7-13)27-5-3-12(25)8-27;/h1-2,4,6-7,12,14H,3,5,8-11,25H2;1H/t12-,14+;/m0./s1. The van der Waals surface area contributed by atoms with Gasteiger partial charge in [-0.05, 0) is 24.6 Å². The number of carbonyl (C=O) groups excluding carboxylic acids is 2. The molecule has 1 aromatic carbocycles. The van der Waals surface area contributed by atoms with Crippen molar-refractivity contribution in [1.29, 1.82) is 0 Å². The molecule has 0 aliphatic carbocycles. The Morgan fingerprint density at radius 2 is 2.09 bits per heavy atom. The van der Waals surface area contributed by atoms with Gasteiger partial charge in [-0.3, -0.25) is 9.80 Å². The first-order chi connectivity index (χ1) is 16.1. The highest BCUT2D eigenvalue weighted by Gasteiger charge is 2.37. The quantitative estimate of drug-likeness (QED) is 0.514. The van der Waals surface area contributed by atoms with E-state index in [-0.39, 0.29) is 37.4 Å². The van der Waals surface area contributed by atoms with E-state index < -0.39 is 34.5 Å². The second kappa shape index (κ2) is 11.3. The molecule has 10 nitrogen and oxygen atoms in total. The molecule has 2 amide bonds. The van der Waals surface area contributed by atoms with Crippen LogP contribution in [0.1, 0.15) is 6.42 Å². The minimum atomic E-state index is -1.81. The van der Waals surface area contributed by atoms with Crippen molar-refractivity contribution < 1.29 is 28.0 Å². The lowest BCUT2D eigenvalue weighted by Gasteiger charge is -2.23. The van der Waals surface area contributed by atoms with E-state index in [0.717, 1.165) is 11.3 Å². The molecule has 0 spiro atoms. The van der Waals surface area contributed by atoms with E-state index in [9.17, 15) is 14.0 Å². The molecule has 0 bridgehead atoms. The Bertz CT molecular complexity index is 1040. The predicted octanol–water partition coefficient (Wildman–Crippen LogP) is 4.11. The van der Waals surface area contributed by atoms with Crippen LogP contribution < -0.4 is 20.4 Å². The van der Waals surface area contributed by atoms with Gasteiger partial charge in [0.25, 0.3) is 0 Å². The molecule has 3 heterocycles. The van der Waals surface area contributed by atoms with Crippen molar-refractivity contribution in [2.75, 3.05) is 47.5 Å². The van der Waals surface area contributed by atoms with Crippen molar-refractivity contribution in [1.82, 2.24) is 5.16 Å². The second-order valence-corrected chi connectivity index (χ2v) is 10.4. The molecular formula is C20H22Cl4FN5O5. The number of amides is 2. The molecule has 192 valence electrons. The van der Waals surface area contributed by atoms with Gasteiger partial charge < -0.3 is 24.6 Å². The summed E-state index contributed by atoms with van der Waals surface area (Å²) in [6.07, 6.45) is -0.296. The van der Waals surface area contributed by atoms with Crippen molar-refractivity contribution in [3.8, 4) is 0 Å². The lowest BCUT2D eigenvalue weighted by atomic mass is 10.2. The van der Waals surface area contributed by atoms with Crippen LogP contribution in [0.2, 0.25) is 0 Å². The highest BCUT2D eigenvalue weighted by atomic mass is 35.6. The zero-order valence-corrected chi connectivity index (χ0v) is 21.2. The molecule has 0 unspecified atom stereocenters. The van der Waals surface area contributed by atoms with Crippen LogP contribution >= 0.6 is 47.2 Å². The highest BCUT2D eigenvalue weighted by Crippen LogP contribution is 2.30. The maximum atomic E-state index is 14.8. The lowest BCUT2D eigenvalue weighted by molar-refractivity contribution is 0.133. The van der Waals surface area contributed by atoms with Gasteiger partial charge in [0.05, 0.1) is 24.5 Å².